The molecule has 3 nitrogen and oxygen atoms in total. The van der Waals surface area contributed by atoms with E-state index in [1.807, 2.05) is 30.3 Å². The zero-order valence-corrected chi connectivity index (χ0v) is 12.2. The zero-order chi connectivity index (χ0) is 14.5. The van der Waals surface area contributed by atoms with Crippen LogP contribution in [0.2, 0.25) is 0 Å². The molecule has 0 fully saturated rings. The van der Waals surface area contributed by atoms with Gasteiger partial charge in [-0.1, -0.05) is 30.3 Å². The second-order valence-electron chi connectivity index (χ2n) is 4.65. The Balaban J connectivity index is 1.54. The lowest BCUT2D eigenvalue weighted by Crippen LogP contribution is -2.24. The largest absolute Gasteiger partial charge is 0.467 e. The van der Waals surface area contributed by atoms with Crippen LogP contribution in [0.25, 0.3) is 10.8 Å². The monoisotopic (exact) mass is 297 g/mol. The van der Waals surface area contributed by atoms with E-state index in [0.717, 1.165) is 10.7 Å². The Morgan fingerprint density at radius 2 is 1.90 bits per heavy atom. The molecule has 1 heterocycles. The topological polar surface area (TPSA) is 42.2 Å². The van der Waals surface area contributed by atoms with Crippen LogP contribution in [-0.2, 0) is 11.3 Å². The van der Waals surface area contributed by atoms with Crippen molar-refractivity contribution in [1.29, 1.82) is 0 Å². The van der Waals surface area contributed by atoms with Crippen LogP contribution in [-0.4, -0.2) is 11.7 Å². The molecule has 0 spiro atoms. The second kappa shape index (κ2) is 6.50. The van der Waals surface area contributed by atoms with Gasteiger partial charge in [0.2, 0.25) is 5.91 Å². The van der Waals surface area contributed by atoms with Gasteiger partial charge >= 0.3 is 0 Å². The number of hydrogen-bond donors (Lipinski definition) is 1. The molecule has 21 heavy (non-hydrogen) atoms. The predicted octanol–water partition coefficient (Wildman–Crippen LogP) is 3.84. The van der Waals surface area contributed by atoms with Crippen LogP contribution in [0, 0.1) is 0 Å². The number of carbonyl (C=O) groups is 1. The lowest BCUT2D eigenvalue weighted by atomic mass is 10.1. The van der Waals surface area contributed by atoms with Crippen molar-refractivity contribution in [3.8, 4) is 0 Å². The fourth-order valence-corrected chi connectivity index (χ4v) is 2.83. The van der Waals surface area contributed by atoms with E-state index in [-0.39, 0.29) is 5.91 Å². The van der Waals surface area contributed by atoms with E-state index >= 15 is 0 Å². The summed E-state index contributed by atoms with van der Waals surface area (Å²) < 4.78 is 5.17. The first kappa shape index (κ1) is 13.8. The minimum atomic E-state index is 0.00422. The molecule has 0 radical (unpaired) electrons. The van der Waals surface area contributed by atoms with Crippen LogP contribution in [0.5, 0.6) is 0 Å². The van der Waals surface area contributed by atoms with E-state index in [2.05, 4.69) is 29.6 Å². The highest BCUT2D eigenvalue weighted by atomic mass is 32.2. The molecule has 0 saturated carbocycles. The molecule has 1 aromatic heterocycles. The van der Waals surface area contributed by atoms with Crippen molar-refractivity contribution >= 4 is 28.4 Å². The van der Waals surface area contributed by atoms with Crippen molar-refractivity contribution in [2.75, 3.05) is 5.75 Å². The number of benzene rings is 2. The smallest absolute Gasteiger partial charge is 0.230 e. The van der Waals surface area contributed by atoms with Gasteiger partial charge in [0, 0.05) is 4.90 Å². The van der Waals surface area contributed by atoms with Crippen LogP contribution in [0.15, 0.2) is 70.2 Å². The van der Waals surface area contributed by atoms with Gasteiger partial charge in [-0.25, -0.2) is 0 Å². The summed E-state index contributed by atoms with van der Waals surface area (Å²) >= 11 is 1.54. The van der Waals surface area contributed by atoms with Crippen LogP contribution >= 0.6 is 11.8 Å². The molecule has 3 rings (SSSR count). The summed E-state index contributed by atoms with van der Waals surface area (Å²) in [7, 11) is 0. The maximum Gasteiger partial charge on any atom is 0.230 e. The standard InChI is InChI=1S/C17H15NO2S/c19-17(18-11-15-6-3-9-20-15)12-21-16-8-7-13-4-1-2-5-14(13)10-16/h1-10H,11-12H2,(H,18,19). The SMILES string of the molecule is O=C(CSc1ccc2ccccc2c1)NCc1ccco1. The second-order valence-corrected chi connectivity index (χ2v) is 5.70. The molecular formula is C17H15NO2S. The van der Waals surface area contributed by atoms with Gasteiger partial charge in [0.15, 0.2) is 0 Å². The highest BCUT2D eigenvalue weighted by Gasteiger charge is 2.04. The van der Waals surface area contributed by atoms with E-state index in [9.17, 15) is 4.79 Å². The first-order valence-electron chi connectivity index (χ1n) is 6.72. The third kappa shape index (κ3) is 3.67. The molecule has 0 bridgehead atoms. The molecule has 1 N–H and O–H groups in total. The molecule has 3 aromatic rings. The van der Waals surface area contributed by atoms with E-state index in [1.54, 1.807) is 6.26 Å². The lowest BCUT2D eigenvalue weighted by Gasteiger charge is -2.05. The number of thioether (sulfide) groups is 1. The van der Waals surface area contributed by atoms with Gasteiger partial charge in [-0.15, -0.1) is 11.8 Å². The number of rotatable bonds is 5. The Bertz CT molecular complexity index is 737. The summed E-state index contributed by atoms with van der Waals surface area (Å²) in [5, 5.41) is 5.24. The van der Waals surface area contributed by atoms with Crippen molar-refractivity contribution in [2.24, 2.45) is 0 Å². The lowest BCUT2D eigenvalue weighted by molar-refractivity contribution is -0.118. The molecule has 0 unspecified atom stereocenters. The zero-order valence-electron chi connectivity index (χ0n) is 11.4. The maximum absolute atomic E-state index is 11.8. The van der Waals surface area contributed by atoms with E-state index < -0.39 is 0 Å². The molecule has 0 saturated heterocycles. The summed E-state index contributed by atoms with van der Waals surface area (Å²) in [6.45, 7) is 0.435. The quantitative estimate of drug-likeness (QED) is 0.728. The van der Waals surface area contributed by atoms with Gasteiger partial charge in [0.05, 0.1) is 18.6 Å². The number of carbonyl (C=O) groups excluding carboxylic acids is 1. The number of amides is 1. The van der Waals surface area contributed by atoms with Crippen molar-refractivity contribution < 1.29 is 9.21 Å². The van der Waals surface area contributed by atoms with E-state index in [4.69, 9.17) is 4.42 Å². The molecule has 4 heteroatoms. The van der Waals surface area contributed by atoms with Gasteiger partial charge in [-0.3, -0.25) is 4.79 Å². The van der Waals surface area contributed by atoms with Gasteiger partial charge in [0.1, 0.15) is 5.76 Å². The van der Waals surface area contributed by atoms with Gasteiger partial charge < -0.3 is 9.73 Å². The molecule has 0 aliphatic rings. The third-order valence-corrected chi connectivity index (χ3v) is 4.12. The van der Waals surface area contributed by atoms with Crippen molar-refractivity contribution in [2.45, 2.75) is 11.4 Å². The predicted molar refractivity (Wildman–Crippen MR) is 85.2 cm³/mol. The molecular weight excluding hydrogens is 282 g/mol. The number of hydrogen-bond acceptors (Lipinski definition) is 3. The average molecular weight is 297 g/mol. The van der Waals surface area contributed by atoms with Crippen LogP contribution in [0.1, 0.15) is 5.76 Å². The molecule has 0 aliphatic carbocycles. The first-order valence-corrected chi connectivity index (χ1v) is 7.70. The minimum Gasteiger partial charge on any atom is -0.467 e. The number of nitrogens with one attached hydrogen (secondary N) is 1. The summed E-state index contributed by atoms with van der Waals surface area (Å²) in [6.07, 6.45) is 1.60. The normalized spacial score (nSPS) is 10.7. The Morgan fingerprint density at radius 1 is 1.05 bits per heavy atom. The average Bonchev–Trinajstić information content (AvgIpc) is 3.04. The number of fused-ring (bicyclic) bond motifs is 1. The highest BCUT2D eigenvalue weighted by molar-refractivity contribution is 8.00. The van der Waals surface area contributed by atoms with Crippen LogP contribution in [0.3, 0.4) is 0 Å². The third-order valence-electron chi connectivity index (χ3n) is 3.13. The maximum atomic E-state index is 11.8. The highest BCUT2D eigenvalue weighted by Crippen LogP contribution is 2.23. The Kier molecular flexibility index (Phi) is 4.26. The molecule has 0 aliphatic heterocycles. The van der Waals surface area contributed by atoms with Gasteiger partial charge in [-0.2, -0.15) is 0 Å². The summed E-state index contributed by atoms with van der Waals surface area (Å²) in [5.41, 5.74) is 0. The molecule has 106 valence electrons. The fraction of sp³-hybridized carbons (Fsp3) is 0.118. The van der Waals surface area contributed by atoms with E-state index in [1.165, 1.54) is 22.5 Å². The molecule has 0 atom stereocenters. The summed E-state index contributed by atoms with van der Waals surface area (Å²) in [4.78, 5) is 12.9. The molecule has 1 amide bonds. The van der Waals surface area contributed by atoms with Crippen LogP contribution in [0.4, 0.5) is 0 Å². The van der Waals surface area contributed by atoms with Crippen LogP contribution < -0.4 is 5.32 Å². The summed E-state index contributed by atoms with van der Waals surface area (Å²) in [6, 6.07) is 18.1. The Hall–Kier alpha value is -2.20. The van der Waals surface area contributed by atoms with Crippen molar-refractivity contribution in [3.05, 3.63) is 66.6 Å². The Labute approximate surface area is 127 Å². The van der Waals surface area contributed by atoms with E-state index in [0.29, 0.717) is 12.3 Å². The number of furan rings is 1. The van der Waals surface area contributed by atoms with Crippen molar-refractivity contribution in [3.63, 3.8) is 0 Å². The minimum absolute atomic E-state index is 0.00422. The first-order chi connectivity index (χ1) is 10.3. The van der Waals surface area contributed by atoms with Crippen molar-refractivity contribution in [1.82, 2.24) is 5.32 Å². The molecule has 2 aromatic carbocycles. The Morgan fingerprint density at radius 3 is 2.71 bits per heavy atom. The van der Waals surface area contributed by atoms with Gasteiger partial charge in [-0.05, 0) is 35.0 Å². The summed E-state index contributed by atoms with van der Waals surface area (Å²) in [5.74, 6) is 1.17. The van der Waals surface area contributed by atoms with Gasteiger partial charge in [0.25, 0.3) is 0 Å². The fourth-order valence-electron chi connectivity index (χ4n) is 2.06.